The van der Waals surface area contributed by atoms with Crippen molar-refractivity contribution in [3.63, 3.8) is 0 Å². The van der Waals surface area contributed by atoms with E-state index >= 15 is 0 Å². The number of nitrogens with zero attached hydrogens (tertiary/aromatic N) is 2. The zero-order chi connectivity index (χ0) is 16.1. The van der Waals surface area contributed by atoms with E-state index in [9.17, 15) is 4.79 Å². The van der Waals surface area contributed by atoms with Crippen LogP contribution in [0.4, 0.5) is 0 Å². The average molecular weight is 341 g/mol. The van der Waals surface area contributed by atoms with Gasteiger partial charge in [0.15, 0.2) is 4.34 Å². The standard InChI is InChI=1S/C17H15N3OS2/c1-12-6-2-3-7-13(12)10-18-20-16(21)11-22-17-19-14-8-4-5-9-15(14)23-17/h2-10H,11H2,1H3,(H,20,21)/b18-10+. The first-order chi connectivity index (χ1) is 11.2. The summed E-state index contributed by atoms with van der Waals surface area (Å²) in [5.41, 5.74) is 5.63. The van der Waals surface area contributed by atoms with E-state index in [1.807, 2.05) is 55.5 Å². The molecule has 3 rings (SSSR count). The number of hydrazone groups is 1. The maximum absolute atomic E-state index is 11.8. The number of rotatable bonds is 5. The molecular weight excluding hydrogens is 326 g/mol. The number of thioether (sulfide) groups is 1. The molecule has 0 fully saturated rings. The molecule has 3 aromatic rings. The normalized spacial score (nSPS) is 11.2. The number of hydrogen-bond acceptors (Lipinski definition) is 5. The van der Waals surface area contributed by atoms with E-state index in [4.69, 9.17) is 0 Å². The molecule has 0 aliphatic heterocycles. The molecule has 6 heteroatoms. The number of amides is 1. The Kier molecular flexibility index (Phi) is 5.05. The van der Waals surface area contributed by atoms with Crippen molar-refractivity contribution in [2.45, 2.75) is 11.3 Å². The highest BCUT2D eigenvalue weighted by molar-refractivity contribution is 8.01. The summed E-state index contributed by atoms with van der Waals surface area (Å²) in [5, 5.41) is 4.00. The van der Waals surface area contributed by atoms with Crippen LogP contribution in [0.1, 0.15) is 11.1 Å². The number of hydrogen-bond donors (Lipinski definition) is 1. The molecule has 0 unspecified atom stereocenters. The molecule has 1 heterocycles. The van der Waals surface area contributed by atoms with Gasteiger partial charge >= 0.3 is 0 Å². The van der Waals surface area contributed by atoms with Crippen molar-refractivity contribution >= 4 is 45.4 Å². The lowest BCUT2D eigenvalue weighted by Crippen LogP contribution is -2.19. The third-order valence-electron chi connectivity index (χ3n) is 3.18. The van der Waals surface area contributed by atoms with Gasteiger partial charge in [-0.1, -0.05) is 48.2 Å². The Balaban J connectivity index is 1.52. The van der Waals surface area contributed by atoms with Crippen molar-refractivity contribution in [1.82, 2.24) is 10.4 Å². The lowest BCUT2D eigenvalue weighted by Gasteiger charge is -1.99. The first-order valence-electron chi connectivity index (χ1n) is 7.08. The molecular formula is C17H15N3OS2. The minimum absolute atomic E-state index is 0.140. The molecule has 0 spiro atoms. The Bertz CT molecular complexity index is 825. The van der Waals surface area contributed by atoms with Gasteiger partial charge in [0, 0.05) is 0 Å². The van der Waals surface area contributed by atoms with Crippen LogP contribution in [0.15, 0.2) is 58.0 Å². The van der Waals surface area contributed by atoms with Crippen molar-refractivity contribution in [3.05, 3.63) is 59.7 Å². The number of carbonyl (C=O) groups is 1. The van der Waals surface area contributed by atoms with Crippen molar-refractivity contribution in [3.8, 4) is 0 Å². The summed E-state index contributed by atoms with van der Waals surface area (Å²) in [6.45, 7) is 2.01. The van der Waals surface area contributed by atoms with Gasteiger partial charge in [0.05, 0.1) is 22.2 Å². The predicted octanol–water partition coefficient (Wildman–Crippen LogP) is 3.85. The van der Waals surface area contributed by atoms with Gasteiger partial charge in [-0.05, 0) is 30.2 Å². The number of thiazole rings is 1. The van der Waals surface area contributed by atoms with Crippen LogP contribution in [0, 0.1) is 6.92 Å². The second-order valence-electron chi connectivity index (χ2n) is 4.89. The number of nitrogens with one attached hydrogen (secondary N) is 1. The number of carbonyl (C=O) groups excluding carboxylic acids is 1. The first kappa shape index (κ1) is 15.7. The fraction of sp³-hybridized carbons (Fsp3) is 0.118. The fourth-order valence-corrected chi connectivity index (χ4v) is 3.84. The first-order valence-corrected chi connectivity index (χ1v) is 8.88. The van der Waals surface area contributed by atoms with Crippen molar-refractivity contribution in [2.24, 2.45) is 5.10 Å². The molecule has 0 saturated heterocycles. The molecule has 1 aromatic heterocycles. The number of fused-ring (bicyclic) bond motifs is 1. The number of benzene rings is 2. The highest BCUT2D eigenvalue weighted by atomic mass is 32.2. The van der Waals surface area contributed by atoms with Gasteiger partial charge in [-0.25, -0.2) is 10.4 Å². The maximum Gasteiger partial charge on any atom is 0.250 e. The van der Waals surface area contributed by atoms with Gasteiger partial charge in [0.25, 0.3) is 5.91 Å². The van der Waals surface area contributed by atoms with Crippen LogP contribution in [0.5, 0.6) is 0 Å². The van der Waals surface area contributed by atoms with E-state index < -0.39 is 0 Å². The molecule has 1 N–H and O–H groups in total. The van der Waals surface area contributed by atoms with Gasteiger partial charge in [-0.3, -0.25) is 4.79 Å². The molecule has 2 aromatic carbocycles. The van der Waals surface area contributed by atoms with E-state index in [1.54, 1.807) is 17.6 Å². The zero-order valence-electron chi connectivity index (χ0n) is 12.5. The van der Waals surface area contributed by atoms with Crippen LogP contribution < -0.4 is 5.43 Å². The number of aryl methyl sites for hydroxylation is 1. The Labute approximate surface area is 142 Å². The zero-order valence-corrected chi connectivity index (χ0v) is 14.2. The highest BCUT2D eigenvalue weighted by Crippen LogP contribution is 2.28. The molecule has 0 atom stereocenters. The monoisotopic (exact) mass is 341 g/mol. The Hall–Kier alpha value is -2.18. The summed E-state index contributed by atoms with van der Waals surface area (Å²) in [5.74, 6) is 0.157. The van der Waals surface area contributed by atoms with Crippen LogP contribution >= 0.6 is 23.1 Å². The quantitative estimate of drug-likeness (QED) is 0.436. The van der Waals surface area contributed by atoms with Crippen LogP contribution in [-0.2, 0) is 4.79 Å². The fourth-order valence-electron chi connectivity index (χ4n) is 1.98. The summed E-state index contributed by atoms with van der Waals surface area (Å²) >= 11 is 3.02. The van der Waals surface area contributed by atoms with Crippen LogP contribution in [0.2, 0.25) is 0 Å². The molecule has 23 heavy (non-hydrogen) atoms. The molecule has 0 saturated carbocycles. The van der Waals surface area contributed by atoms with Crippen molar-refractivity contribution in [2.75, 3.05) is 5.75 Å². The van der Waals surface area contributed by atoms with Gasteiger partial charge in [0.2, 0.25) is 0 Å². The largest absolute Gasteiger partial charge is 0.272 e. The van der Waals surface area contributed by atoms with Gasteiger partial charge in [-0.2, -0.15) is 5.10 Å². The van der Waals surface area contributed by atoms with E-state index in [1.165, 1.54) is 11.8 Å². The molecule has 0 radical (unpaired) electrons. The summed E-state index contributed by atoms with van der Waals surface area (Å²) in [6.07, 6.45) is 1.66. The smallest absolute Gasteiger partial charge is 0.250 e. The number of para-hydroxylation sites is 1. The molecule has 0 aliphatic rings. The van der Waals surface area contributed by atoms with Gasteiger partial charge in [0.1, 0.15) is 0 Å². The Morgan fingerprint density at radius 3 is 2.87 bits per heavy atom. The average Bonchev–Trinajstić information content (AvgIpc) is 2.98. The molecule has 1 amide bonds. The second kappa shape index (κ2) is 7.39. The van der Waals surface area contributed by atoms with Gasteiger partial charge < -0.3 is 0 Å². The summed E-state index contributed by atoms with van der Waals surface area (Å²) < 4.78 is 2.03. The van der Waals surface area contributed by atoms with E-state index in [0.29, 0.717) is 5.75 Å². The second-order valence-corrected chi connectivity index (χ2v) is 7.14. The van der Waals surface area contributed by atoms with Crippen LogP contribution in [0.3, 0.4) is 0 Å². The molecule has 0 aliphatic carbocycles. The van der Waals surface area contributed by atoms with Crippen molar-refractivity contribution in [1.29, 1.82) is 0 Å². The van der Waals surface area contributed by atoms with Crippen LogP contribution in [0.25, 0.3) is 10.2 Å². The Morgan fingerprint density at radius 2 is 2.04 bits per heavy atom. The third-order valence-corrected chi connectivity index (χ3v) is 5.36. The van der Waals surface area contributed by atoms with E-state index in [0.717, 1.165) is 25.7 Å². The summed E-state index contributed by atoms with van der Waals surface area (Å²) in [7, 11) is 0. The topological polar surface area (TPSA) is 54.4 Å². The van der Waals surface area contributed by atoms with Crippen molar-refractivity contribution < 1.29 is 4.79 Å². The predicted molar refractivity (Wildman–Crippen MR) is 97.3 cm³/mol. The molecule has 4 nitrogen and oxygen atoms in total. The number of aromatic nitrogens is 1. The molecule has 0 bridgehead atoms. The van der Waals surface area contributed by atoms with Crippen LogP contribution in [-0.4, -0.2) is 22.9 Å². The summed E-state index contributed by atoms with van der Waals surface area (Å²) in [4.78, 5) is 16.3. The third kappa shape index (κ3) is 4.18. The minimum Gasteiger partial charge on any atom is -0.272 e. The lowest BCUT2D eigenvalue weighted by atomic mass is 10.1. The van der Waals surface area contributed by atoms with E-state index in [2.05, 4.69) is 15.5 Å². The maximum atomic E-state index is 11.8. The highest BCUT2D eigenvalue weighted by Gasteiger charge is 2.06. The van der Waals surface area contributed by atoms with E-state index in [-0.39, 0.29) is 5.91 Å². The molecule has 116 valence electrons. The SMILES string of the molecule is Cc1ccccc1/C=N/NC(=O)CSc1nc2ccccc2s1. The lowest BCUT2D eigenvalue weighted by molar-refractivity contribution is -0.118. The van der Waals surface area contributed by atoms with Gasteiger partial charge in [-0.15, -0.1) is 11.3 Å². The Morgan fingerprint density at radius 1 is 1.26 bits per heavy atom. The summed E-state index contributed by atoms with van der Waals surface area (Å²) in [6, 6.07) is 15.8. The minimum atomic E-state index is -0.140.